The summed E-state index contributed by atoms with van der Waals surface area (Å²) >= 11 is 1.46. The average Bonchev–Trinajstić information content (AvgIpc) is 3.26. The summed E-state index contributed by atoms with van der Waals surface area (Å²) in [6.07, 6.45) is 3.42. The zero-order valence-electron chi connectivity index (χ0n) is 18.8. The van der Waals surface area contributed by atoms with Crippen molar-refractivity contribution in [2.24, 2.45) is 11.7 Å². The minimum absolute atomic E-state index is 0.0163. The van der Waals surface area contributed by atoms with Crippen molar-refractivity contribution in [2.75, 3.05) is 18.6 Å². The second-order valence-electron chi connectivity index (χ2n) is 8.13. The van der Waals surface area contributed by atoms with E-state index in [-0.39, 0.29) is 31.1 Å². The number of carboxylic acids is 1. The summed E-state index contributed by atoms with van der Waals surface area (Å²) in [5, 5.41) is 20.1. The minimum atomic E-state index is -1.16. The third-order valence-electron chi connectivity index (χ3n) is 5.16. The van der Waals surface area contributed by atoms with Crippen molar-refractivity contribution in [3.05, 3.63) is 0 Å². The quantitative estimate of drug-likeness (QED) is 0.185. The number of carbonyl (C=O) groups is 5. The van der Waals surface area contributed by atoms with Crippen LogP contribution < -0.4 is 27.0 Å². The van der Waals surface area contributed by atoms with Gasteiger partial charge in [-0.25, -0.2) is 4.79 Å². The molecule has 0 saturated carbocycles. The van der Waals surface area contributed by atoms with Crippen molar-refractivity contribution in [3.63, 3.8) is 0 Å². The van der Waals surface area contributed by atoms with Crippen LogP contribution in [0.5, 0.6) is 0 Å². The van der Waals surface area contributed by atoms with Crippen molar-refractivity contribution in [1.82, 2.24) is 21.3 Å². The molecule has 0 radical (unpaired) electrons. The standard InChI is InChI=1S/C20H35N5O6S/c1-11(2)16(19(29)24-14(20(30)31)8-10-32-3)25-18(28)13(6-7-15(21)26)23-17(27)12-5-4-9-22-12/h11-14,16,22H,4-10H2,1-3H3,(H2,21,26)(H,23,27)(H,24,29)(H,25,28)(H,30,31). The molecule has 4 amide bonds. The Balaban J connectivity index is 2.87. The molecule has 0 bridgehead atoms. The number of hydrogen-bond acceptors (Lipinski definition) is 7. The SMILES string of the molecule is CSCCC(NC(=O)C(NC(=O)C(CCC(N)=O)NC(=O)C1CCCN1)C(C)C)C(=O)O. The maximum atomic E-state index is 12.9. The summed E-state index contributed by atoms with van der Waals surface area (Å²) < 4.78 is 0. The molecule has 0 aromatic heterocycles. The van der Waals surface area contributed by atoms with Crippen molar-refractivity contribution in [3.8, 4) is 0 Å². The van der Waals surface area contributed by atoms with Gasteiger partial charge in [0.1, 0.15) is 18.1 Å². The molecule has 4 atom stereocenters. The van der Waals surface area contributed by atoms with Crippen LogP contribution in [0.4, 0.5) is 0 Å². The minimum Gasteiger partial charge on any atom is -0.480 e. The second kappa shape index (κ2) is 13.9. The first-order chi connectivity index (χ1) is 15.1. The number of nitrogens with one attached hydrogen (secondary N) is 4. The fraction of sp³-hybridized carbons (Fsp3) is 0.750. The lowest BCUT2D eigenvalue weighted by Crippen LogP contribution is -2.58. The predicted octanol–water partition coefficient (Wildman–Crippen LogP) is -1.05. The molecule has 11 nitrogen and oxygen atoms in total. The van der Waals surface area contributed by atoms with Gasteiger partial charge in [-0.2, -0.15) is 11.8 Å². The van der Waals surface area contributed by atoms with Gasteiger partial charge in [-0.05, 0) is 50.2 Å². The van der Waals surface area contributed by atoms with Gasteiger partial charge in [-0.15, -0.1) is 0 Å². The number of carbonyl (C=O) groups excluding carboxylic acids is 4. The summed E-state index contributed by atoms with van der Waals surface area (Å²) in [5.74, 6) is -3.20. The molecule has 1 aliphatic heterocycles. The van der Waals surface area contributed by atoms with Gasteiger partial charge >= 0.3 is 5.97 Å². The highest BCUT2D eigenvalue weighted by atomic mass is 32.2. The Labute approximate surface area is 192 Å². The zero-order chi connectivity index (χ0) is 24.3. The Kier molecular flexibility index (Phi) is 12.1. The molecular weight excluding hydrogens is 438 g/mol. The van der Waals surface area contributed by atoms with Crippen LogP contribution in [0.1, 0.15) is 46.0 Å². The van der Waals surface area contributed by atoms with Crippen LogP contribution in [0.2, 0.25) is 0 Å². The maximum absolute atomic E-state index is 12.9. The van der Waals surface area contributed by atoms with Crippen molar-refractivity contribution >= 4 is 41.4 Å². The van der Waals surface area contributed by atoms with E-state index in [4.69, 9.17) is 5.73 Å². The van der Waals surface area contributed by atoms with Crippen molar-refractivity contribution in [2.45, 2.75) is 70.1 Å². The van der Waals surface area contributed by atoms with Gasteiger partial charge in [0.25, 0.3) is 0 Å². The topological polar surface area (TPSA) is 180 Å². The summed E-state index contributed by atoms with van der Waals surface area (Å²) in [5.41, 5.74) is 5.20. The molecule has 7 N–H and O–H groups in total. The van der Waals surface area contributed by atoms with Gasteiger partial charge in [-0.3, -0.25) is 19.2 Å². The van der Waals surface area contributed by atoms with E-state index < -0.39 is 47.9 Å². The third kappa shape index (κ3) is 9.43. The molecule has 1 fully saturated rings. The predicted molar refractivity (Wildman–Crippen MR) is 121 cm³/mol. The van der Waals surface area contributed by atoms with E-state index >= 15 is 0 Å². The summed E-state index contributed by atoms with van der Waals surface area (Å²) in [7, 11) is 0. The highest BCUT2D eigenvalue weighted by Crippen LogP contribution is 2.09. The van der Waals surface area contributed by atoms with E-state index in [0.717, 1.165) is 6.42 Å². The largest absolute Gasteiger partial charge is 0.480 e. The molecule has 12 heteroatoms. The highest BCUT2D eigenvalue weighted by Gasteiger charge is 2.32. The third-order valence-corrected chi connectivity index (χ3v) is 5.81. The van der Waals surface area contributed by atoms with E-state index in [0.29, 0.717) is 18.7 Å². The molecule has 32 heavy (non-hydrogen) atoms. The Morgan fingerprint density at radius 1 is 1.06 bits per heavy atom. The van der Waals surface area contributed by atoms with Gasteiger partial charge in [-0.1, -0.05) is 13.8 Å². The van der Waals surface area contributed by atoms with Gasteiger partial charge in [0.2, 0.25) is 23.6 Å². The van der Waals surface area contributed by atoms with Crippen LogP contribution in [0, 0.1) is 5.92 Å². The van der Waals surface area contributed by atoms with Crippen molar-refractivity contribution in [1.29, 1.82) is 0 Å². The van der Waals surface area contributed by atoms with Crippen LogP contribution in [-0.2, 0) is 24.0 Å². The molecule has 0 aromatic rings. The Hall–Kier alpha value is -2.34. The number of thioether (sulfide) groups is 1. The van der Waals surface area contributed by atoms with E-state index in [9.17, 15) is 29.1 Å². The normalized spacial score (nSPS) is 18.4. The number of primary amides is 1. The molecule has 0 spiro atoms. The van der Waals surface area contributed by atoms with Gasteiger partial charge in [0, 0.05) is 6.42 Å². The first kappa shape index (κ1) is 27.7. The Bertz CT molecular complexity index is 683. The van der Waals surface area contributed by atoms with E-state index in [1.807, 2.05) is 6.26 Å². The smallest absolute Gasteiger partial charge is 0.326 e. The van der Waals surface area contributed by atoms with Crippen LogP contribution in [-0.4, -0.2) is 77.4 Å². The van der Waals surface area contributed by atoms with E-state index in [1.54, 1.807) is 13.8 Å². The lowest BCUT2D eigenvalue weighted by Gasteiger charge is -2.27. The zero-order valence-corrected chi connectivity index (χ0v) is 19.6. The summed E-state index contributed by atoms with van der Waals surface area (Å²) in [6, 6.07) is -3.57. The lowest BCUT2D eigenvalue weighted by atomic mass is 10.0. The molecule has 1 aliphatic rings. The monoisotopic (exact) mass is 473 g/mol. The van der Waals surface area contributed by atoms with Gasteiger partial charge < -0.3 is 32.1 Å². The average molecular weight is 474 g/mol. The molecule has 182 valence electrons. The molecule has 4 unspecified atom stereocenters. The Morgan fingerprint density at radius 3 is 2.25 bits per heavy atom. The van der Waals surface area contributed by atoms with Gasteiger partial charge in [0.05, 0.1) is 6.04 Å². The van der Waals surface area contributed by atoms with Crippen LogP contribution in [0.25, 0.3) is 0 Å². The lowest BCUT2D eigenvalue weighted by molar-refractivity contribution is -0.142. The first-order valence-corrected chi connectivity index (χ1v) is 12.1. The highest BCUT2D eigenvalue weighted by molar-refractivity contribution is 7.98. The molecular formula is C20H35N5O6S. The van der Waals surface area contributed by atoms with E-state index in [1.165, 1.54) is 11.8 Å². The van der Waals surface area contributed by atoms with Gasteiger partial charge in [0.15, 0.2) is 0 Å². The molecule has 0 aliphatic carbocycles. The number of rotatable bonds is 14. The van der Waals surface area contributed by atoms with Crippen LogP contribution >= 0.6 is 11.8 Å². The van der Waals surface area contributed by atoms with E-state index in [2.05, 4.69) is 21.3 Å². The molecule has 1 heterocycles. The summed E-state index contributed by atoms with van der Waals surface area (Å²) in [4.78, 5) is 60.8. The van der Waals surface area contributed by atoms with Crippen LogP contribution in [0.3, 0.4) is 0 Å². The fourth-order valence-corrected chi connectivity index (χ4v) is 3.75. The van der Waals surface area contributed by atoms with Crippen molar-refractivity contribution < 1.29 is 29.1 Å². The number of hydrogen-bond donors (Lipinski definition) is 6. The number of amides is 4. The number of carboxylic acid groups (broad SMARTS) is 1. The molecule has 1 rings (SSSR count). The Morgan fingerprint density at radius 2 is 1.75 bits per heavy atom. The number of nitrogens with two attached hydrogens (primary N) is 1. The second-order valence-corrected chi connectivity index (χ2v) is 9.11. The first-order valence-electron chi connectivity index (χ1n) is 10.7. The fourth-order valence-electron chi connectivity index (χ4n) is 3.28. The van der Waals surface area contributed by atoms with Crippen LogP contribution in [0.15, 0.2) is 0 Å². The molecule has 1 saturated heterocycles. The number of aliphatic carboxylic acids is 1. The summed E-state index contributed by atoms with van der Waals surface area (Å²) in [6.45, 7) is 4.12. The maximum Gasteiger partial charge on any atom is 0.326 e. The molecule has 0 aromatic carbocycles.